The quantitative estimate of drug-likeness (QED) is 0.782. The molecule has 0 amide bonds. The van der Waals surface area contributed by atoms with Crippen molar-refractivity contribution in [1.29, 1.82) is 0 Å². The normalized spacial score (nSPS) is 20.5. The largest absolute Gasteiger partial charge is 0.383 e. The van der Waals surface area contributed by atoms with Gasteiger partial charge in [-0.3, -0.25) is 4.79 Å². The van der Waals surface area contributed by atoms with Gasteiger partial charge in [0.05, 0.1) is 17.9 Å². The van der Waals surface area contributed by atoms with Crippen molar-refractivity contribution in [3.63, 3.8) is 0 Å². The molecule has 0 radical (unpaired) electrons. The van der Waals surface area contributed by atoms with Gasteiger partial charge in [-0.05, 0) is 25.7 Å². The van der Waals surface area contributed by atoms with Crippen molar-refractivity contribution in [2.45, 2.75) is 44.6 Å². The smallest absolute Gasteiger partial charge is 0.272 e. The summed E-state index contributed by atoms with van der Waals surface area (Å²) in [6.45, 7) is 0.960. The van der Waals surface area contributed by atoms with Crippen LogP contribution >= 0.6 is 0 Å². The monoisotopic (exact) mass is 219 g/mol. The van der Waals surface area contributed by atoms with Gasteiger partial charge in [0.2, 0.25) is 0 Å². The second kappa shape index (κ2) is 3.92. The summed E-state index contributed by atoms with van der Waals surface area (Å²) in [4.78, 5) is 12.3. The van der Waals surface area contributed by atoms with E-state index in [9.17, 15) is 4.79 Å². The summed E-state index contributed by atoms with van der Waals surface area (Å²) < 4.78 is 1.72. The van der Waals surface area contributed by atoms with Gasteiger partial charge in [0, 0.05) is 12.1 Å². The summed E-state index contributed by atoms with van der Waals surface area (Å²) >= 11 is 0. The minimum atomic E-state index is 0.136. The SMILES string of the molecule is O=c1c2c(cnn1C1CCCC1)NCCC2. The van der Waals surface area contributed by atoms with Gasteiger partial charge in [-0.15, -0.1) is 0 Å². The number of nitrogens with zero attached hydrogens (tertiary/aromatic N) is 2. The van der Waals surface area contributed by atoms with Crippen molar-refractivity contribution < 1.29 is 0 Å². The molecule has 1 saturated carbocycles. The van der Waals surface area contributed by atoms with Crippen LogP contribution in [0.15, 0.2) is 11.0 Å². The van der Waals surface area contributed by atoms with E-state index in [1.807, 2.05) is 6.20 Å². The molecule has 1 aliphatic heterocycles. The molecule has 2 aliphatic rings. The second-order valence-electron chi connectivity index (χ2n) is 4.76. The predicted octanol–water partition coefficient (Wildman–Crippen LogP) is 1.72. The van der Waals surface area contributed by atoms with Crippen molar-refractivity contribution in [1.82, 2.24) is 9.78 Å². The number of hydrogen-bond acceptors (Lipinski definition) is 3. The lowest BCUT2D eigenvalue weighted by Crippen LogP contribution is -2.31. The van der Waals surface area contributed by atoms with Gasteiger partial charge in [-0.1, -0.05) is 12.8 Å². The third kappa shape index (κ3) is 1.52. The minimum Gasteiger partial charge on any atom is -0.383 e. The molecule has 0 bridgehead atoms. The summed E-state index contributed by atoms with van der Waals surface area (Å²) in [7, 11) is 0. The number of rotatable bonds is 1. The topological polar surface area (TPSA) is 46.9 Å². The van der Waals surface area contributed by atoms with Crippen LogP contribution in [0.2, 0.25) is 0 Å². The van der Waals surface area contributed by atoms with Crippen LogP contribution < -0.4 is 10.9 Å². The van der Waals surface area contributed by atoms with Crippen molar-refractivity contribution in [2.75, 3.05) is 11.9 Å². The predicted molar refractivity (Wildman–Crippen MR) is 62.8 cm³/mol. The van der Waals surface area contributed by atoms with Crippen LogP contribution in [0.4, 0.5) is 5.69 Å². The maximum absolute atomic E-state index is 12.3. The molecule has 2 heterocycles. The van der Waals surface area contributed by atoms with E-state index >= 15 is 0 Å². The van der Waals surface area contributed by atoms with Crippen molar-refractivity contribution in [3.8, 4) is 0 Å². The number of nitrogens with one attached hydrogen (secondary N) is 1. The van der Waals surface area contributed by atoms with E-state index in [1.165, 1.54) is 12.8 Å². The Hall–Kier alpha value is -1.32. The molecule has 1 N–H and O–H groups in total. The van der Waals surface area contributed by atoms with E-state index in [0.29, 0.717) is 6.04 Å². The first-order valence-corrected chi connectivity index (χ1v) is 6.21. The van der Waals surface area contributed by atoms with E-state index in [1.54, 1.807) is 4.68 Å². The third-order valence-electron chi connectivity index (χ3n) is 3.69. The first-order valence-electron chi connectivity index (χ1n) is 6.21. The molecule has 16 heavy (non-hydrogen) atoms. The molecule has 0 unspecified atom stereocenters. The highest BCUT2D eigenvalue weighted by atomic mass is 16.1. The molecule has 1 aliphatic carbocycles. The lowest BCUT2D eigenvalue weighted by Gasteiger charge is -2.19. The molecular formula is C12H17N3O. The van der Waals surface area contributed by atoms with Crippen LogP contribution in [-0.2, 0) is 6.42 Å². The number of aromatic nitrogens is 2. The average molecular weight is 219 g/mol. The molecule has 0 atom stereocenters. The summed E-state index contributed by atoms with van der Waals surface area (Å²) in [5.41, 5.74) is 2.02. The average Bonchev–Trinajstić information content (AvgIpc) is 2.83. The van der Waals surface area contributed by atoms with Crippen molar-refractivity contribution in [2.24, 2.45) is 0 Å². The Morgan fingerprint density at radius 1 is 1.31 bits per heavy atom. The number of hydrogen-bond donors (Lipinski definition) is 1. The molecule has 0 spiro atoms. The van der Waals surface area contributed by atoms with Gasteiger partial charge in [0.25, 0.3) is 5.56 Å². The lowest BCUT2D eigenvalue weighted by atomic mass is 10.1. The van der Waals surface area contributed by atoms with E-state index in [2.05, 4.69) is 10.4 Å². The Morgan fingerprint density at radius 2 is 2.12 bits per heavy atom. The molecule has 4 heteroatoms. The highest BCUT2D eigenvalue weighted by Crippen LogP contribution is 2.28. The van der Waals surface area contributed by atoms with Gasteiger partial charge < -0.3 is 5.32 Å². The third-order valence-corrected chi connectivity index (χ3v) is 3.69. The van der Waals surface area contributed by atoms with Crippen molar-refractivity contribution in [3.05, 3.63) is 22.1 Å². The van der Waals surface area contributed by atoms with Crippen LogP contribution in [-0.4, -0.2) is 16.3 Å². The molecule has 1 aromatic heterocycles. The van der Waals surface area contributed by atoms with Crippen molar-refractivity contribution >= 4 is 5.69 Å². The molecule has 0 saturated heterocycles. The summed E-state index contributed by atoms with van der Waals surface area (Å²) in [5, 5.41) is 7.56. The summed E-state index contributed by atoms with van der Waals surface area (Å²) in [5.74, 6) is 0. The van der Waals surface area contributed by atoms with E-state index < -0.39 is 0 Å². The molecule has 0 aromatic carbocycles. The van der Waals surface area contributed by atoms with Crippen LogP contribution in [0.3, 0.4) is 0 Å². The standard InChI is InChI=1S/C12H17N3O/c16-12-10-6-3-7-13-11(10)8-14-15(12)9-4-1-2-5-9/h8-9,13H,1-7H2. The molecular weight excluding hydrogens is 202 g/mol. The fourth-order valence-electron chi connectivity index (χ4n) is 2.79. The van der Waals surface area contributed by atoms with Crippen LogP contribution in [0, 0.1) is 0 Å². The number of anilines is 1. The fourth-order valence-corrected chi connectivity index (χ4v) is 2.79. The highest BCUT2D eigenvalue weighted by Gasteiger charge is 2.22. The van der Waals surface area contributed by atoms with Gasteiger partial charge >= 0.3 is 0 Å². The molecule has 86 valence electrons. The highest BCUT2D eigenvalue weighted by molar-refractivity contribution is 5.49. The Kier molecular flexibility index (Phi) is 2.42. The zero-order chi connectivity index (χ0) is 11.0. The van der Waals surface area contributed by atoms with Crippen LogP contribution in [0.5, 0.6) is 0 Å². The maximum Gasteiger partial charge on any atom is 0.272 e. The molecule has 3 rings (SSSR count). The molecule has 1 fully saturated rings. The van der Waals surface area contributed by atoms with Crippen LogP contribution in [0.25, 0.3) is 0 Å². The zero-order valence-electron chi connectivity index (χ0n) is 9.41. The fraction of sp³-hybridized carbons (Fsp3) is 0.667. The number of fused-ring (bicyclic) bond motifs is 1. The Labute approximate surface area is 94.7 Å². The lowest BCUT2D eigenvalue weighted by molar-refractivity contribution is 0.440. The first kappa shape index (κ1) is 9.87. The van der Waals surface area contributed by atoms with Gasteiger partial charge in [0.1, 0.15) is 0 Å². The minimum absolute atomic E-state index is 0.136. The second-order valence-corrected chi connectivity index (χ2v) is 4.76. The Balaban J connectivity index is 2.03. The molecule has 4 nitrogen and oxygen atoms in total. The zero-order valence-corrected chi connectivity index (χ0v) is 9.41. The van der Waals surface area contributed by atoms with E-state index in [-0.39, 0.29) is 5.56 Å². The Bertz CT molecular complexity index is 446. The summed E-state index contributed by atoms with van der Waals surface area (Å²) in [6, 6.07) is 0.347. The molecule has 1 aromatic rings. The Morgan fingerprint density at radius 3 is 2.94 bits per heavy atom. The van der Waals surface area contributed by atoms with Gasteiger partial charge in [0.15, 0.2) is 0 Å². The van der Waals surface area contributed by atoms with E-state index in [4.69, 9.17) is 0 Å². The van der Waals surface area contributed by atoms with Gasteiger partial charge in [-0.25, -0.2) is 4.68 Å². The maximum atomic E-state index is 12.3. The van der Waals surface area contributed by atoms with E-state index in [0.717, 1.165) is 43.5 Å². The van der Waals surface area contributed by atoms with Crippen LogP contribution in [0.1, 0.15) is 43.7 Å². The first-order chi connectivity index (χ1) is 7.86. The van der Waals surface area contributed by atoms with Gasteiger partial charge in [-0.2, -0.15) is 5.10 Å². The summed E-state index contributed by atoms with van der Waals surface area (Å²) in [6.07, 6.45) is 8.46.